The second-order valence-corrected chi connectivity index (χ2v) is 8.75. The summed E-state index contributed by atoms with van der Waals surface area (Å²) >= 11 is 0. The monoisotopic (exact) mass is 336 g/mol. The fraction of sp³-hybridized carbons (Fsp3) is 0.588. The number of benzene rings is 1. The van der Waals surface area contributed by atoms with Gasteiger partial charge in [-0.3, -0.25) is 4.79 Å². The number of carbonyl (C=O) groups is 1. The maximum absolute atomic E-state index is 13.0. The summed E-state index contributed by atoms with van der Waals surface area (Å²) in [5.41, 5.74) is 2.18. The summed E-state index contributed by atoms with van der Waals surface area (Å²) in [6.45, 7) is 4.56. The molecule has 1 aromatic carbocycles. The lowest BCUT2D eigenvalue weighted by atomic mass is 9.97. The van der Waals surface area contributed by atoms with Crippen molar-refractivity contribution in [1.29, 1.82) is 0 Å². The van der Waals surface area contributed by atoms with Crippen molar-refractivity contribution in [3.8, 4) is 0 Å². The van der Waals surface area contributed by atoms with Gasteiger partial charge in [0.2, 0.25) is 15.9 Å². The maximum atomic E-state index is 13.0. The van der Waals surface area contributed by atoms with E-state index in [0.717, 1.165) is 24.9 Å². The van der Waals surface area contributed by atoms with Crippen molar-refractivity contribution in [2.75, 3.05) is 23.7 Å². The third kappa shape index (κ3) is 3.02. The minimum absolute atomic E-state index is 0.0680. The van der Waals surface area contributed by atoms with Crippen LogP contribution in [0, 0.1) is 5.92 Å². The third-order valence-corrected chi connectivity index (χ3v) is 6.78. The number of nitrogens with zero attached hydrogens (tertiary/aromatic N) is 2. The van der Waals surface area contributed by atoms with Gasteiger partial charge >= 0.3 is 0 Å². The highest BCUT2D eigenvalue weighted by Gasteiger charge is 2.38. The van der Waals surface area contributed by atoms with Crippen LogP contribution in [0.15, 0.2) is 24.3 Å². The predicted molar refractivity (Wildman–Crippen MR) is 90.9 cm³/mol. The molecule has 1 saturated heterocycles. The number of rotatable bonds is 3. The summed E-state index contributed by atoms with van der Waals surface area (Å²) in [5, 5.41) is 0. The van der Waals surface area contributed by atoms with Gasteiger partial charge in [-0.25, -0.2) is 12.7 Å². The molecule has 2 atom stereocenters. The Balaban J connectivity index is 1.81. The molecule has 1 aromatic rings. The number of amides is 1. The van der Waals surface area contributed by atoms with Crippen molar-refractivity contribution in [1.82, 2.24) is 4.31 Å². The van der Waals surface area contributed by atoms with Crippen LogP contribution < -0.4 is 4.90 Å². The largest absolute Gasteiger partial charge is 0.309 e. The minimum atomic E-state index is -3.22. The van der Waals surface area contributed by atoms with E-state index in [9.17, 15) is 13.2 Å². The molecule has 2 aliphatic heterocycles. The Labute approximate surface area is 138 Å². The Bertz CT molecular complexity index is 702. The van der Waals surface area contributed by atoms with E-state index in [4.69, 9.17) is 0 Å². The molecule has 0 unspecified atom stereocenters. The first-order chi connectivity index (χ1) is 10.9. The zero-order chi connectivity index (χ0) is 16.6. The molecule has 0 aromatic heterocycles. The number of sulfonamides is 1. The second kappa shape index (κ2) is 6.24. The lowest BCUT2D eigenvalue weighted by molar-refractivity contribution is -0.123. The van der Waals surface area contributed by atoms with Gasteiger partial charge in [0.05, 0.1) is 11.7 Å². The number of anilines is 1. The molecule has 0 saturated carbocycles. The van der Waals surface area contributed by atoms with Gasteiger partial charge in [0, 0.05) is 24.8 Å². The summed E-state index contributed by atoms with van der Waals surface area (Å²) in [6, 6.07) is 8.13. The standard InChI is InChI=1S/C17H24N2O3S/c1-3-23(21,22)18-10-6-8-15(12-18)17(20)19-13(2)11-14-7-4-5-9-16(14)19/h4-5,7,9,13,15H,3,6,8,10-12H2,1-2H3/t13-,15+/m1/s1. The molecule has 126 valence electrons. The summed E-state index contributed by atoms with van der Waals surface area (Å²) in [7, 11) is -3.22. The Kier molecular flexibility index (Phi) is 4.47. The highest BCUT2D eigenvalue weighted by molar-refractivity contribution is 7.89. The summed E-state index contributed by atoms with van der Waals surface area (Å²) in [6.07, 6.45) is 2.38. The molecule has 0 spiro atoms. The molecular formula is C17H24N2O3S. The molecular weight excluding hydrogens is 312 g/mol. The van der Waals surface area contributed by atoms with Crippen molar-refractivity contribution >= 4 is 21.6 Å². The molecule has 3 rings (SSSR count). The van der Waals surface area contributed by atoms with Crippen molar-refractivity contribution in [3.05, 3.63) is 29.8 Å². The smallest absolute Gasteiger partial charge is 0.231 e. The molecule has 1 fully saturated rings. The molecule has 1 amide bonds. The Morgan fingerprint density at radius 3 is 2.78 bits per heavy atom. The predicted octanol–water partition coefficient (Wildman–Crippen LogP) is 2.03. The quantitative estimate of drug-likeness (QED) is 0.848. The van der Waals surface area contributed by atoms with E-state index in [1.165, 1.54) is 9.87 Å². The van der Waals surface area contributed by atoms with E-state index in [1.807, 2.05) is 23.1 Å². The van der Waals surface area contributed by atoms with Crippen LogP contribution in [0.5, 0.6) is 0 Å². The van der Waals surface area contributed by atoms with Crippen molar-refractivity contribution in [2.24, 2.45) is 5.92 Å². The van der Waals surface area contributed by atoms with E-state index < -0.39 is 10.0 Å². The number of piperidine rings is 1. The lowest BCUT2D eigenvalue weighted by Gasteiger charge is -2.34. The number of carbonyl (C=O) groups excluding carboxylic acids is 1. The van der Waals surface area contributed by atoms with Crippen LogP contribution >= 0.6 is 0 Å². The van der Waals surface area contributed by atoms with Gasteiger partial charge in [-0.15, -0.1) is 0 Å². The zero-order valence-electron chi connectivity index (χ0n) is 13.7. The highest BCUT2D eigenvalue weighted by Crippen LogP contribution is 2.34. The fourth-order valence-electron chi connectivity index (χ4n) is 3.68. The molecule has 0 aliphatic carbocycles. The van der Waals surface area contributed by atoms with Crippen LogP contribution in [0.3, 0.4) is 0 Å². The topological polar surface area (TPSA) is 57.7 Å². The SMILES string of the molecule is CCS(=O)(=O)N1CCC[C@H](C(=O)N2c3ccccc3C[C@H]2C)C1. The van der Waals surface area contributed by atoms with Gasteiger partial charge in [-0.05, 0) is 44.7 Å². The lowest BCUT2D eigenvalue weighted by Crippen LogP contribution is -2.48. The Hall–Kier alpha value is -1.40. The summed E-state index contributed by atoms with van der Waals surface area (Å²) in [5.74, 6) is -0.0752. The molecule has 0 N–H and O–H groups in total. The van der Waals surface area contributed by atoms with Gasteiger partial charge in [-0.2, -0.15) is 0 Å². The molecule has 0 radical (unpaired) electrons. The van der Waals surface area contributed by atoms with Crippen LogP contribution in [-0.2, 0) is 21.2 Å². The number of hydrogen-bond donors (Lipinski definition) is 0. The fourth-order valence-corrected chi connectivity index (χ4v) is 4.86. The van der Waals surface area contributed by atoms with Gasteiger partial charge in [-0.1, -0.05) is 18.2 Å². The van der Waals surface area contributed by atoms with Gasteiger partial charge in [0.1, 0.15) is 0 Å². The van der Waals surface area contributed by atoms with Crippen LogP contribution in [-0.4, -0.2) is 43.5 Å². The third-order valence-electron chi connectivity index (χ3n) is 4.94. The second-order valence-electron chi connectivity index (χ2n) is 6.49. The van der Waals surface area contributed by atoms with E-state index in [0.29, 0.717) is 13.1 Å². The summed E-state index contributed by atoms with van der Waals surface area (Å²) in [4.78, 5) is 14.9. The average Bonchev–Trinajstić information content (AvgIpc) is 2.90. The normalized spacial score (nSPS) is 25.4. The van der Waals surface area contributed by atoms with E-state index in [-0.39, 0.29) is 23.6 Å². The van der Waals surface area contributed by atoms with Crippen molar-refractivity contribution in [3.63, 3.8) is 0 Å². The maximum Gasteiger partial charge on any atom is 0.231 e. The molecule has 23 heavy (non-hydrogen) atoms. The Morgan fingerprint density at radius 2 is 2.04 bits per heavy atom. The van der Waals surface area contributed by atoms with E-state index >= 15 is 0 Å². The average molecular weight is 336 g/mol. The molecule has 2 heterocycles. The van der Waals surface area contributed by atoms with Crippen LogP contribution in [0.2, 0.25) is 0 Å². The minimum Gasteiger partial charge on any atom is -0.309 e. The summed E-state index contributed by atoms with van der Waals surface area (Å²) < 4.78 is 25.7. The molecule has 0 bridgehead atoms. The number of hydrogen-bond acceptors (Lipinski definition) is 3. The van der Waals surface area contributed by atoms with Crippen LogP contribution in [0.1, 0.15) is 32.3 Å². The first-order valence-corrected chi connectivity index (χ1v) is 9.93. The molecule has 5 nitrogen and oxygen atoms in total. The highest BCUT2D eigenvalue weighted by atomic mass is 32.2. The first kappa shape index (κ1) is 16.5. The Morgan fingerprint density at radius 1 is 1.30 bits per heavy atom. The molecule has 2 aliphatic rings. The van der Waals surface area contributed by atoms with Crippen LogP contribution in [0.25, 0.3) is 0 Å². The van der Waals surface area contributed by atoms with E-state index in [2.05, 4.69) is 13.0 Å². The van der Waals surface area contributed by atoms with Crippen molar-refractivity contribution < 1.29 is 13.2 Å². The number of fused-ring (bicyclic) bond motifs is 1. The van der Waals surface area contributed by atoms with Gasteiger partial charge < -0.3 is 4.90 Å². The van der Waals surface area contributed by atoms with Crippen LogP contribution in [0.4, 0.5) is 5.69 Å². The van der Waals surface area contributed by atoms with Gasteiger partial charge in [0.25, 0.3) is 0 Å². The van der Waals surface area contributed by atoms with E-state index in [1.54, 1.807) is 6.92 Å². The zero-order valence-corrected chi connectivity index (χ0v) is 14.6. The first-order valence-electron chi connectivity index (χ1n) is 8.33. The van der Waals surface area contributed by atoms with Gasteiger partial charge in [0.15, 0.2) is 0 Å². The van der Waals surface area contributed by atoms with Crippen molar-refractivity contribution in [2.45, 2.75) is 39.2 Å². The number of para-hydroxylation sites is 1. The molecule has 6 heteroatoms.